The van der Waals surface area contributed by atoms with E-state index in [0.29, 0.717) is 17.1 Å². The first-order chi connectivity index (χ1) is 13.7. The Bertz CT molecular complexity index is 1040. The lowest BCUT2D eigenvalue weighted by atomic mass is 10.2. The van der Waals surface area contributed by atoms with Gasteiger partial charge in [-0.05, 0) is 56.3 Å². The van der Waals surface area contributed by atoms with Crippen molar-refractivity contribution in [1.82, 2.24) is 0 Å². The summed E-state index contributed by atoms with van der Waals surface area (Å²) in [7, 11) is -2.20. The highest BCUT2D eigenvalue weighted by Crippen LogP contribution is 2.37. The zero-order valence-electron chi connectivity index (χ0n) is 16.3. The number of amides is 2. The molecule has 0 aliphatic carbocycles. The number of sulfone groups is 1. The molecule has 0 saturated heterocycles. The predicted molar refractivity (Wildman–Crippen MR) is 113 cm³/mol. The van der Waals surface area contributed by atoms with Crippen LogP contribution in [0.2, 0.25) is 0 Å². The maximum atomic E-state index is 12.9. The van der Waals surface area contributed by atoms with E-state index in [1.807, 2.05) is 0 Å². The van der Waals surface area contributed by atoms with Crippen LogP contribution in [-0.4, -0.2) is 37.8 Å². The van der Waals surface area contributed by atoms with E-state index in [0.717, 1.165) is 4.90 Å². The van der Waals surface area contributed by atoms with Crippen LogP contribution in [0, 0.1) is 0 Å². The number of fused-ring (bicyclic) bond motifs is 1. The van der Waals surface area contributed by atoms with Crippen molar-refractivity contribution in [3.63, 3.8) is 0 Å². The molecule has 0 saturated carbocycles. The topological polar surface area (TPSA) is 102 Å². The number of carbonyl (C=O) groups is 2. The van der Waals surface area contributed by atoms with Crippen LogP contribution in [0.1, 0.15) is 20.3 Å². The van der Waals surface area contributed by atoms with Crippen molar-refractivity contribution in [3.8, 4) is 5.75 Å². The van der Waals surface area contributed by atoms with Crippen LogP contribution in [0.15, 0.2) is 52.3 Å². The summed E-state index contributed by atoms with van der Waals surface area (Å²) >= 11 is 1.38. The molecule has 2 amide bonds. The largest absolute Gasteiger partial charge is 0.497 e. The molecule has 7 nitrogen and oxygen atoms in total. The summed E-state index contributed by atoms with van der Waals surface area (Å²) in [6, 6.07) is 11.4. The number of benzene rings is 2. The Morgan fingerprint density at radius 2 is 1.93 bits per heavy atom. The molecule has 3 rings (SSSR count). The Hall–Kier alpha value is -2.52. The van der Waals surface area contributed by atoms with Crippen molar-refractivity contribution in [2.45, 2.75) is 40.6 Å². The Morgan fingerprint density at radius 3 is 2.59 bits per heavy atom. The predicted octanol–water partition coefficient (Wildman–Crippen LogP) is 3.32. The molecule has 9 heteroatoms. The molecule has 2 atom stereocenters. The van der Waals surface area contributed by atoms with E-state index in [2.05, 4.69) is 10.6 Å². The summed E-state index contributed by atoms with van der Waals surface area (Å²) < 4.78 is 30.9. The quantitative estimate of drug-likeness (QED) is 0.723. The van der Waals surface area contributed by atoms with Crippen LogP contribution >= 0.6 is 11.8 Å². The molecular formula is C20H22N2O5S2. The second kappa shape index (κ2) is 8.46. The van der Waals surface area contributed by atoms with E-state index in [-0.39, 0.29) is 22.5 Å². The van der Waals surface area contributed by atoms with Crippen molar-refractivity contribution in [3.05, 3.63) is 42.5 Å². The molecule has 2 aromatic rings. The van der Waals surface area contributed by atoms with Gasteiger partial charge >= 0.3 is 0 Å². The minimum atomic E-state index is -3.74. The summed E-state index contributed by atoms with van der Waals surface area (Å²) in [6.07, 6.45) is -0.191. The highest BCUT2D eigenvalue weighted by molar-refractivity contribution is 8.01. The van der Waals surface area contributed by atoms with E-state index in [1.165, 1.54) is 30.8 Å². The van der Waals surface area contributed by atoms with Gasteiger partial charge in [-0.25, -0.2) is 8.42 Å². The third kappa shape index (κ3) is 4.73. The fourth-order valence-electron chi connectivity index (χ4n) is 2.85. The Morgan fingerprint density at radius 1 is 1.24 bits per heavy atom. The maximum absolute atomic E-state index is 12.9. The summed E-state index contributed by atoms with van der Waals surface area (Å²) in [5.41, 5.74) is 1.04. The number of carbonyl (C=O) groups excluding carboxylic acids is 2. The second-order valence-electron chi connectivity index (χ2n) is 6.74. The Labute approximate surface area is 174 Å². The maximum Gasteiger partial charge on any atom is 0.237 e. The van der Waals surface area contributed by atoms with Crippen LogP contribution in [0.4, 0.5) is 11.4 Å². The standard InChI is InChI=1S/C20H22N2O5S2/c1-12(10-19(23)21-14-4-6-15(27-3)7-5-14)29(25,26)16-8-9-18-17(11-16)22-20(24)13(2)28-18/h4-9,11-13H,10H2,1-3H3,(H,21,23)(H,22,24)/t12-,13+/m1/s1. The van der Waals surface area contributed by atoms with E-state index >= 15 is 0 Å². The molecule has 1 aliphatic rings. The number of thioether (sulfide) groups is 1. The monoisotopic (exact) mass is 434 g/mol. The lowest BCUT2D eigenvalue weighted by molar-refractivity contribution is -0.116. The molecule has 29 heavy (non-hydrogen) atoms. The highest BCUT2D eigenvalue weighted by Gasteiger charge is 2.29. The van der Waals surface area contributed by atoms with Crippen LogP contribution in [0.25, 0.3) is 0 Å². The first-order valence-corrected chi connectivity index (χ1v) is 11.4. The fraction of sp³-hybridized carbons (Fsp3) is 0.300. The Kier molecular flexibility index (Phi) is 6.18. The zero-order chi connectivity index (χ0) is 21.2. The number of ether oxygens (including phenoxy) is 1. The SMILES string of the molecule is COc1ccc(NC(=O)C[C@@H](C)S(=O)(=O)c2ccc3c(c2)NC(=O)[C@H](C)S3)cc1. The van der Waals surface area contributed by atoms with Crippen molar-refractivity contribution in [2.75, 3.05) is 17.7 Å². The molecule has 0 aromatic heterocycles. The lowest BCUT2D eigenvalue weighted by Crippen LogP contribution is -2.27. The zero-order valence-corrected chi connectivity index (χ0v) is 17.9. The smallest absolute Gasteiger partial charge is 0.237 e. The average Bonchev–Trinajstić information content (AvgIpc) is 2.69. The second-order valence-corrected chi connectivity index (χ2v) is 10.5. The number of rotatable bonds is 6. The first kappa shape index (κ1) is 21.2. The highest BCUT2D eigenvalue weighted by atomic mass is 32.2. The van der Waals surface area contributed by atoms with Crippen molar-refractivity contribution < 1.29 is 22.7 Å². The molecule has 1 aliphatic heterocycles. The number of nitrogens with one attached hydrogen (secondary N) is 2. The van der Waals surface area contributed by atoms with E-state index in [1.54, 1.807) is 44.4 Å². The van der Waals surface area contributed by atoms with Crippen LogP contribution in [0.5, 0.6) is 5.75 Å². The first-order valence-electron chi connectivity index (χ1n) is 9.00. The fourth-order valence-corrected chi connectivity index (χ4v) is 5.16. The van der Waals surface area contributed by atoms with Crippen LogP contribution in [-0.2, 0) is 19.4 Å². The average molecular weight is 435 g/mol. The van der Waals surface area contributed by atoms with Crippen molar-refractivity contribution in [2.24, 2.45) is 0 Å². The molecule has 1 heterocycles. The normalized spacial score (nSPS) is 17.1. The van der Waals surface area contributed by atoms with Crippen molar-refractivity contribution >= 4 is 44.8 Å². The number of anilines is 2. The van der Waals surface area contributed by atoms with Gasteiger partial charge in [-0.15, -0.1) is 11.8 Å². The minimum absolute atomic E-state index is 0.0800. The molecule has 0 unspecified atom stereocenters. The van der Waals surface area contributed by atoms with Gasteiger partial charge in [0.25, 0.3) is 0 Å². The molecule has 0 bridgehead atoms. The molecule has 0 radical (unpaired) electrons. The summed E-state index contributed by atoms with van der Waals surface area (Å²) in [6.45, 7) is 3.29. The van der Waals surface area contributed by atoms with E-state index < -0.39 is 21.0 Å². The number of hydrogen-bond acceptors (Lipinski definition) is 6. The van der Waals surface area contributed by atoms with Crippen molar-refractivity contribution in [1.29, 1.82) is 0 Å². The molecule has 154 valence electrons. The molecule has 2 aromatic carbocycles. The molecule has 0 spiro atoms. The minimum Gasteiger partial charge on any atom is -0.497 e. The van der Waals surface area contributed by atoms with Gasteiger partial charge in [0, 0.05) is 17.0 Å². The van der Waals surface area contributed by atoms with Crippen LogP contribution in [0.3, 0.4) is 0 Å². The summed E-state index contributed by atoms with van der Waals surface area (Å²) in [4.78, 5) is 25.1. The number of hydrogen-bond donors (Lipinski definition) is 2. The number of methoxy groups -OCH3 is 1. The van der Waals surface area contributed by atoms with E-state index in [4.69, 9.17) is 4.74 Å². The van der Waals surface area contributed by atoms with Gasteiger partial charge < -0.3 is 15.4 Å². The van der Waals surface area contributed by atoms with Crippen LogP contribution < -0.4 is 15.4 Å². The van der Waals surface area contributed by atoms with Gasteiger partial charge in [-0.1, -0.05) is 0 Å². The van der Waals surface area contributed by atoms with Gasteiger partial charge in [0.2, 0.25) is 11.8 Å². The van der Waals surface area contributed by atoms with Gasteiger partial charge in [0.05, 0.1) is 28.2 Å². The third-order valence-corrected chi connectivity index (χ3v) is 7.90. The van der Waals surface area contributed by atoms with Gasteiger partial charge in [-0.2, -0.15) is 0 Å². The van der Waals surface area contributed by atoms with Gasteiger partial charge in [0.15, 0.2) is 9.84 Å². The molecule has 0 fully saturated rings. The summed E-state index contributed by atoms with van der Waals surface area (Å²) in [5, 5.41) is 4.26. The summed E-state index contributed by atoms with van der Waals surface area (Å²) in [5.74, 6) is 0.0943. The molecular weight excluding hydrogens is 412 g/mol. The van der Waals surface area contributed by atoms with Gasteiger partial charge in [0.1, 0.15) is 5.75 Å². The van der Waals surface area contributed by atoms with E-state index in [9.17, 15) is 18.0 Å². The Balaban J connectivity index is 1.71. The third-order valence-electron chi connectivity index (χ3n) is 4.59. The lowest BCUT2D eigenvalue weighted by Gasteiger charge is -2.22. The van der Waals surface area contributed by atoms with Gasteiger partial charge in [-0.3, -0.25) is 9.59 Å². The molecule has 2 N–H and O–H groups in total.